The van der Waals surface area contributed by atoms with Gasteiger partial charge in [0.25, 0.3) is 5.88 Å². The van der Waals surface area contributed by atoms with Crippen LogP contribution in [0.25, 0.3) is 0 Å². The van der Waals surface area contributed by atoms with Crippen molar-refractivity contribution in [3.63, 3.8) is 0 Å². The molecule has 10 heteroatoms. The molecule has 0 fully saturated rings. The van der Waals surface area contributed by atoms with Gasteiger partial charge < -0.3 is 15.2 Å². The Balaban J connectivity index is 3.39. The van der Waals surface area contributed by atoms with E-state index in [0.717, 1.165) is 7.11 Å². The molecule has 0 amide bonds. The second-order valence-electron chi connectivity index (χ2n) is 3.24. The summed E-state index contributed by atoms with van der Waals surface area (Å²) >= 11 is 0. The van der Waals surface area contributed by atoms with Crippen LogP contribution in [0.4, 0.5) is 26.3 Å². The van der Waals surface area contributed by atoms with Gasteiger partial charge in [0.1, 0.15) is 0 Å². The zero-order valence-corrected chi connectivity index (χ0v) is 9.39. The van der Waals surface area contributed by atoms with Crippen LogP contribution in [0, 0.1) is 0 Å². The SMILES string of the molecule is COc1c(OC(F)(F)F)ncc(C(F)(F)F)c1CN. The summed E-state index contributed by atoms with van der Waals surface area (Å²) in [5.41, 5.74) is 3.17. The van der Waals surface area contributed by atoms with Crippen LogP contribution in [-0.4, -0.2) is 18.5 Å². The van der Waals surface area contributed by atoms with Crippen molar-refractivity contribution < 1.29 is 35.8 Å². The molecule has 108 valence electrons. The van der Waals surface area contributed by atoms with E-state index in [1.807, 2.05) is 0 Å². The number of nitrogens with zero attached hydrogens (tertiary/aromatic N) is 1. The Kier molecular flexibility index (Phi) is 4.13. The lowest BCUT2D eigenvalue weighted by molar-refractivity contribution is -0.276. The number of halogens is 6. The summed E-state index contributed by atoms with van der Waals surface area (Å²) in [5.74, 6) is -1.92. The molecule has 19 heavy (non-hydrogen) atoms. The standard InChI is InChI=1S/C9H8F6N2O2/c1-18-6-4(2-16)5(8(10,11)12)3-17-7(6)19-9(13,14)15/h3H,2,16H2,1H3. The van der Waals surface area contributed by atoms with E-state index in [1.165, 1.54) is 0 Å². The van der Waals surface area contributed by atoms with Crippen LogP contribution in [0.15, 0.2) is 6.20 Å². The fourth-order valence-electron chi connectivity index (χ4n) is 1.35. The molecular weight excluding hydrogens is 282 g/mol. The predicted octanol–water partition coefficient (Wildman–Crippen LogP) is 2.47. The zero-order chi connectivity index (χ0) is 14.8. The van der Waals surface area contributed by atoms with Crippen molar-refractivity contribution in [2.45, 2.75) is 19.1 Å². The molecule has 0 aliphatic rings. The van der Waals surface area contributed by atoms with E-state index in [0.29, 0.717) is 0 Å². The average Bonchev–Trinajstić information content (AvgIpc) is 2.24. The maximum Gasteiger partial charge on any atom is 0.574 e. The third kappa shape index (κ3) is 3.63. The monoisotopic (exact) mass is 290 g/mol. The van der Waals surface area contributed by atoms with E-state index < -0.39 is 41.8 Å². The number of hydrogen-bond donors (Lipinski definition) is 1. The van der Waals surface area contributed by atoms with Gasteiger partial charge >= 0.3 is 12.5 Å². The van der Waals surface area contributed by atoms with Gasteiger partial charge in [-0.2, -0.15) is 13.2 Å². The molecule has 1 heterocycles. The second kappa shape index (κ2) is 5.11. The second-order valence-corrected chi connectivity index (χ2v) is 3.24. The first-order valence-corrected chi connectivity index (χ1v) is 4.69. The summed E-state index contributed by atoms with van der Waals surface area (Å²) in [6, 6.07) is 0. The van der Waals surface area contributed by atoms with E-state index in [2.05, 4.69) is 14.5 Å². The van der Waals surface area contributed by atoms with Crippen LogP contribution in [-0.2, 0) is 12.7 Å². The van der Waals surface area contributed by atoms with Gasteiger partial charge in [-0.15, -0.1) is 13.2 Å². The number of ether oxygens (including phenoxy) is 2. The summed E-state index contributed by atoms with van der Waals surface area (Å²) in [7, 11) is 0.888. The molecule has 0 aliphatic carbocycles. The Labute approximate surface area is 103 Å². The first kappa shape index (κ1) is 15.3. The highest BCUT2D eigenvalue weighted by molar-refractivity contribution is 5.47. The summed E-state index contributed by atoms with van der Waals surface area (Å²) < 4.78 is 81.9. The molecule has 0 radical (unpaired) electrons. The van der Waals surface area contributed by atoms with Crippen molar-refractivity contribution in [2.24, 2.45) is 5.73 Å². The highest BCUT2D eigenvalue weighted by atomic mass is 19.4. The van der Waals surface area contributed by atoms with Gasteiger partial charge in [0.05, 0.1) is 12.7 Å². The van der Waals surface area contributed by atoms with Crippen LogP contribution in [0.1, 0.15) is 11.1 Å². The molecule has 0 atom stereocenters. The Morgan fingerprint density at radius 3 is 2.16 bits per heavy atom. The summed E-state index contributed by atoms with van der Waals surface area (Å²) in [6.45, 7) is -0.686. The predicted molar refractivity (Wildman–Crippen MR) is 50.4 cm³/mol. The minimum absolute atomic E-state index is 0.214. The maximum atomic E-state index is 12.6. The quantitative estimate of drug-likeness (QED) is 0.869. The van der Waals surface area contributed by atoms with Gasteiger partial charge in [-0.05, 0) is 0 Å². The Morgan fingerprint density at radius 2 is 1.79 bits per heavy atom. The first-order chi connectivity index (χ1) is 8.60. The van der Waals surface area contributed by atoms with Crippen molar-refractivity contribution >= 4 is 0 Å². The van der Waals surface area contributed by atoms with Gasteiger partial charge in [-0.25, -0.2) is 4.98 Å². The van der Waals surface area contributed by atoms with Crippen LogP contribution in [0.3, 0.4) is 0 Å². The summed E-state index contributed by atoms with van der Waals surface area (Å²) in [4.78, 5) is 2.97. The highest BCUT2D eigenvalue weighted by Crippen LogP contribution is 2.40. The maximum absolute atomic E-state index is 12.6. The largest absolute Gasteiger partial charge is 0.574 e. The number of pyridine rings is 1. The molecular formula is C9H8F6N2O2. The number of nitrogens with two attached hydrogens (primary N) is 1. The molecule has 1 aromatic rings. The number of alkyl halides is 6. The summed E-state index contributed by atoms with van der Waals surface area (Å²) in [5, 5.41) is 0. The van der Waals surface area contributed by atoms with Crippen molar-refractivity contribution in [3.8, 4) is 11.6 Å². The molecule has 1 aromatic heterocycles. The van der Waals surface area contributed by atoms with E-state index in [9.17, 15) is 26.3 Å². The molecule has 4 nitrogen and oxygen atoms in total. The third-order valence-corrected chi connectivity index (χ3v) is 2.03. The van der Waals surface area contributed by atoms with Crippen molar-refractivity contribution in [1.29, 1.82) is 0 Å². The number of methoxy groups -OCH3 is 1. The Morgan fingerprint density at radius 1 is 1.21 bits per heavy atom. The lowest BCUT2D eigenvalue weighted by Gasteiger charge is -2.17. The fourth-order valence-corrected chi connectivity index (χ4v) is 1.35. The van der Waals surface area contributed by atoms with E-state index in [4.69, 9.17) is 5.73 Å². The molecule has 0 aliphatic heterocycles. The van der Waals surface area contributed by atoms with Crippen LogP contribution >= 0.6 is 0 Å². The molecule has 0 saturated carbocycles. The average molecular weight is 290 g/mol. The Hall–Kier alpha value is -1.71. The minimum Gasteiger partial charge on any atom is -0.491 e. The molecule has 0 aromatic carbocycles. The van der Waals surface area contributed by atoms with Crippen molar-refractivity contribution in [3.05, 3.63) is 17.3 Å². The highest BCUT2D eigenvalue weighted by Gasteiger charge is 2.38. The Bertz CT molecular complexity index is 457. The smallest absolute Gasteiger partial charge is 0.491 e. The van der Waals surface area contributed by atoms with Gasteiger partial charge in [-0.3, -0.25) is 0 Å². The normalized spacial score (nSPS) is 12.4. The van der Waals surface area contributed by atoms with Crippen molar-refractivity contribution in [2.75, 3.05) is 7.11 Å². The molecule has 1 rings (SSSR count). The molecule has 0 spiro atoms. The molecule has 0 bridgehead atoms. The van der Waals surface area contributed by atoms with Gasteiger partial charge in [0.15, 0.2) is 5.75 Å². The van der Waals surface area contributed by atoms with Crippen LogP contribution in [0.5, 0.6) is 11.6 Å². The molecule has 2 N–H and O–H groups in total. The van der Waals surface area contributed by atoms with E-state index >= 15 is 0 Å². The first-order valence-electron chi connectivity index (χ1n) is 4.69. The van der Waals surface area contributed by atoms with Gasteiger partial charge in [-0.1, -0.05) is 0 Å². The molecule has 0 unspecified atom stereocenters. The minimum atomic E-state index is -5.11. The van der Waals surface area contributed by atoms with E-state index in [-0.39, 0.29) is 6.20 Å². The van der Waals surface area contributed by atoms with E-state index in [1.54, 1.807) is 0 Å². The van der Waals surface area contributed by atoms with Crippen LogP contribution in [0.2, 0.25) is 0 Å². The van der Waals surface area contributed by atoms with Crippen LogP contribution < -0.4 is 15.2 Å². The van der Waals surface area contributed by atoms with Crippen molar-refractivity contribution in [1.82, 2.24) is 4.98 Å². The van der Waals surface area contributed by atoms with Gasteiger partial charge in [0.2, 0.25) is 0 Å². The lowest BCUT2D eigenvalue weighted by atomic mass is 10.1. The summed E-state index contributed by atoms with van der Waals surface area (Å²) in [6.07, 6.45) is -9.70. The third-order valence-electron chi connectivity index (χ3n) is 2.03. The zero-order valence-electron chi connectivity index (χ0n) is 9.39. The number of rotatable bonds is 3. The molecule has 0 saturated heterocycles. The topological polar surface area (TPSA) is 57.4 Å². The number of aromatic nitrogens is 1. The lowest BCUT2D eigenvalue weighted by Crippen LogP contribution is -2.21. The number of hydrogen-bond acceptors (Lipinski definition) is 4. The van der Waals surface area contributed by atoms with Gasteiger partial charge in [0, 0.05) is 18.3 Å². The fraction of sp³-hybridized carbons (Fsp3) is 0.444.